The number of anilines is 4. The van der Waals surface area contributed by atoms with Gasteiger partial charge in [0.25, 0.3) is 0 Å². The molecule has 0 spiro atoms. The number of aliphatic carboxylic acids is 1. The van der Waals surface area contributed by atoms with Crippen molar-refractivity contribution in [1.29, 1.82) is 0 Å². The highest BCUT2D eigenvalue weighted by Crippen LogP contribution is 2.33. The van der Waals surface area contributed by atoms with Crippen LogP contribution in [0.1, 0.15) is 13.8 Å². The average molecular weight is 592 g/mol. The predicted molar refractivity (Wildman–Crippen MR) is 142 cm³/mol. The molecule has 0 bridgehead atoms. The van der Waals surface area contributed by atoms with Gasteiger partial charge in [-0.1, -0.05) is 25.4 Å². The molecule has 0 radical (unpaired) electrons. The van der Waals surface area contributed by atoms with E-state index in [4.69, 9.17) is 21.5 Å². The van der Waals surface area contributed by atoms with Crippen LogP contribution in [-0.2, 0) is 14.8 Å². The van der Waals surface area contributed by atoms with E-state index in [0.29, 0.717) is 28.3 Å². The molecule has 206 valence electrons. The Kier molecular flexibility index (Phi) is 11.2. The molecule has 1 heterocycles. The third-order valence-corrected chi connectivity index (χ3v) is 7.56. The molecule has 2 aromatic carbocycles. The predicted octanol–water partition coefficient (Wildman–Crippen LogP) is 5.91. The van der Waals surface area contributed by atoms with Crippen molar-refractivity contribution in [2.75, 3.05) is 23.4 Å². The quantitative estimate of drug-likeness (QED) is 0.224. The monoisotopic (exact) mass is 591 g/mol. The number of carboxylic acid groups (broad SMARTS) is 1. The third kappa shape index (κ3) is 10.0. The summed E-state index contributed by atoms with van der Waals surface area (Å²) in [5, 5.41) is 14.2. The molecule has 9 nitrogen and oxygen atoms in total. The standard InChI is InChI=1S/C21H24ClN5O2S2.C2HF3O2/c1-14(2)12-30-19-9-8-17(31(28,29)23-3)10-18(19)27-21-11-20(24-13-25-21)26-16-6-4-15(22)5-7-16;3-2(4,5)1(6)7/h4-11,13-14,23H,12H2,1-3H3,(H2,24,25,26,27);(H,6,7). The van der Waals surface area contributed by atoms with Gasteiger partial charge in [-0.25, -0.2) is 27.9 Å². The lowest BCUT2D eigenvalue weighted by Crippen LogP contribution is -2.21. The number of alkyl halides is 3. The molecule has 0 fully saturated rings. The first-order valence-electron chi connectivity index (χ1n) is 10.8. The Balaban J connectivity index is 0.000000638. The summed E-state index contributed by atoms with van der Waals surface area (Å²) < 4.78 is 58.6. The maximum absolute atomic E-state index is 12.3. The van der Waals surface area contributed by atoms with Gasteiger partial charge < -0.3 is 15.7 Å². The van der Waals surface area contributed by atoms with Gasteiger partial charge >= 0.3 is 12.1 Å². The molecule has 15 heteroatoms. The van der Waals surface area contributed by atoms with Crippen LogP contribution >= 0.6 is 23.4 Å². The first-order chi connectivity index (χ1) is 17.7. The van der Waals surface area contributed by atoms with Gasteiger partial charge in [0.05, 0.1) is 10.6 Å². The second-order valence-corrected chi connectivity index (χ2v) is 11.3. The molecular weight excluding hydrogens is 567 g/mol. The van der Waals surface area contributed by atoms with Crippen LogP contribution in [0.15, 0.2) is 64.6 Å². The summed E-state index contributed by atoms with van der Waals surface area (Å²) in [6.07, 6.45) is -3.64. The summed E-state index contributed by atoms with van der Waals surface area (Å²) in [6, 6.07) is 14.1. The molecule has 0 saturated carbocycles. The van der Waals surface area contributed by atoms with E-state index >= 15 is 0 Å². The van der Waals surface area contributed by atoms with E-state index in [0.717, 1.165) is 16.3 Å². The summed E-state index contributed by atoms with van der Waals surface area (Å²) >= 11 is 7.59. The molecular formula is C23H25ClF3N5O4S2. The van der Waals surface area contributed by atoms with Gasteiger partial charge in [-0.3, -0.25) is 0 Å². The van der Waals surface area contributed by atoms with Crippen molar-refractivity contribution < 1.29 is 31.5 Å². The number of carbonyl (C=O) groups is 1. The lowest BCUT2D eigenvalue weighted by molar-refractivity contribution is -0.192. The van der Waals surface area contributed by atoms with Crippen molar-refractivity contribution in [3.8, 4) is 0 Å². The minimum atomic E-state index is -5.08. The van der Waals surface area contributed by atoms with Crippen molar-refractivity contribution in [3.05, 3.63) is 59.9 Å². The fourth-order valence-electron chi connectivity index (χ4n) is 2.59. The first kappa shape index (κ1) is 31.1. The number of benzene rings is 2. The minimum absolute atomic E-state index is 0.181. The fourth-order valence-corrected chi connectivity index (χ4v) is 4.41. The maximum atomic E-state index is 12.3. The van der Waals surface area contributed by atoms with Gasteiger partial charge in [0, 0.05) is 27.4 Å². The number of nitrogens with zero attached hydrogens (tertiary/aromatic N) is 2. The molecule has 1 aromatic heterocycles. The zero-order valence-corrected chi connectivity index (χ0v) is 22.8. The Bertz CT molecular complexity index is 1340. The summed E-state index contributed by atoms with van der Waals surface area (Å²) in [6.45, 7) is 4.28. The smallest absolute Gasteiger partial charge is 0.475 e. The van der Waals surface area contributed by atoms with Crippen LogP contribution in [0.4, 0.5) is 36.2 Å². The van der Waals surface area contributed by atoms with Crippen molar-refractivity contribution in [2.24, 2.45) is 5.92 Å². The second-order valence-electron chi connectivity index (χ2n) is 7.92. The number of nitrogens with one attached hydrogen (secondary N) is 3. The Morgan fingerprint density at radius 2 is 1.63 bits per heavy atom. The van der Waals surface area contributed by atoms with E-state index in [1.54, 1.807) is 42.1 Å². The lowest BCUT2D eigenvalue weighted by atomic mass is 10.3. The molecule has 0 unspecified atom stereocenters. The van der Waals surface area contributed by atoms with E-state index < -0.39 is 22.2 Å². The summed E-state index contributed by atoms with van der Waals surface area (Å²) in [4.78, 5) is 18.5. The Morgan fingerprint density at radius 3 is 2.16 bits per heavy atom. The number of sulfonamides is 1. The average Bonchev–Trinajstić information content (AvgIpc) is 2.84. The number of thioether (sulfide) groups is 1. The third-order valence-electron chi connectivity index (χ3n) is 4.39. The van der Waals surface area contributed by atoms with Crippen LogP contribution in [0.3, 0.4) is 0 Å². The Morgan fingerprint density at radius 1 is 1.05 bits per heavy atom. The molecule has 38 heavy (non-hydrogen) atoms. The molecule has 0 aliphatic heterocycles. The molecule has 3 aromatic rings. The molecule has 4 N–H and O–H groups in total. The number of halogens is 4. The van der Waals surface area contributed by atoms with E-state index in [1.165, 1.54) is 13.4 Å². The molecule has 0 amide bonds. The Hall–Kier alpha value is -3.07. The van der Waals surface area contributed by atoms with Gasteiger partial charge in [0.15, 0.2) is 0 Å². The molecule has 3 rings (SSSR count). The molecule has 0 aliphatic rings. The highest BCUT2D eigenvalue weighted by molar-refractivity contribution is 7.99. The first-order valence-corrected chi connectivity index (χ1v) is 13.7. The van der Waals surface area contributed by atoms with E-state index in [-0.39, 0.29) is 4.90 Å². The van der Waals surface area contributed by atoms with Gasteiger partial charge in [0.2, 0.25) is 10.0 Å². The number of carboxylic acids is 1. The lowest BCUT2D eigenvalue weighted by Gasteiger charge is -2.15. The number of hydrogen-bond acceptors (Lipinski definition) is 8. The van der Waals surface area contributed by atoms with Crippen molar-refractivity contribution in [1.82, 2.24) is 14.7 Å². The largest absolute Gasteiger partial charge is 0.490 e. The molecule has 0 saturated heterocycles. The zero-order valence-electron chi connectivity index (χ0n) is 20.4. The summed E-state index contributed by atoms with van der Waals surface area (Å²) in [5.41, 5.74) is 1.50. The van der Waals surface area contributed by atoms with Crippen LogP contribution in [0.5, 0.6) is 0 Å². The van der Waals surface area contributed by atoms with Crippen molar-refractivity contribution >= 4 is 62.4 Å². The van der Waals surface area contributed by atoms with E-state index in [1.807, 2.05) is 18.2 Å². The second kappa shape index (κ2) is 13.6. The van der Waals surface area contributed by atoms with Gasteiger partial charge in [-0.15, -0.1) is 11.8 Å². The number of aromatic nitrogens is 2. The number of rotatable bonds is 9. The normalized spacial score (nSPS) is 11.5. The van der Waals surface area contributed by atoms with Crippen LogP contribution in [0.2, 0.25) is 5.02 Å². The highest BCUT2D eigenvalue weighted by atomic mass is 35.5. The maximum Gasteiger partial charge on any atom is 0.490 e. The van der Waals surface area contributed by atoms with Gasteiger partial charge in [-0.2, -0.15) is 13.2 Å². The molecule has 0 aliphatic carbocycles. The number of hydrogen-bond donors (Lipinski definition) is 4. The Labute approximate surface area is 227 Å². The van der Waals surface area contributed by atoms with Gasteiger partial charge in [-0.05, 0) is 55.4 Å². The summed E-state index contributed by atoms with van der Waals surface area (Å²) in [7, 11) is -2.18. The van der Waals surface area contributed by atoms with Gasteiger partial charge in [0.1, 0.15) is 18.0 Å². The van der Waals surface area contributed by atoms with Crippen LogP contribution in [-0.4, -0.2) is 48.4 Å². The van der Waals surface area contributed by atoms with Crippen molar-refractivity contribution in [3.63, 3.8) is 0 Å². The van der Waals surface area contributed by atoms with Crippen LogP contribution in [0.25, 0.3) is 0 Å². The highest BCUT2D eigenvalue weighted by Gasteiger charge is 2.38. The van der Waals surface area contributed by atoms with E-state index in [9.17, 15) is 21.6 Å². The summed E-state index contributed by atoms with van der Waals surface area (Å²) in [5.74, 6) is -0.229. The van der Waals surface area contributed by atoms with Crippen molar-refractivity contribution in [2.45, 2.75) is 29.8 Å². The minimum Gasteiger partial charge on any atom is -0.475 e. The topological polar surface area (TPSA) is 133 Å². The van der Waals surface area contributed by atoms with Crippen LogP contribution in [0, 0.1) is 5.92 Å². The zero-order chi connectivity index (χ0) is 28.5. The van der Waals surface area contributed by atoms with Crippen LogP contribution < -0.4 is 15.4 Å². The SMILES string of the molecule is CNS(=O)(=O)c1ccc(SCC(C)C)c(Nc2cc(Nc3ccc(Cl)cc3)ncn2)c1.O=C(O)C(F)(F)F. The van der Waals surface area contributed by atoms with E-state index in [2.05, 4.69) is 39.2 Å². The fraction of sp³-hybridized carbons (Fsp3) is 0.261. The molecule has 0 atom stereocenters.